The zero-order valence-electron chi connectivity index (χ0n) is 11.9. The third-order valence-electron chi connectivity index (χ3n) is 3.28. The van der Waals surface area contributed by atoms with Crippen LogP contribution >= 0.6 is 0 Å². The molecule has 2 N–H and O–H groups in total. The summed E-state index contributed by atoms with van der Waals surface area (Å²) in [4.78, 5) is 11.6. The summed E-state index contributed by atoms with van der Waals surface area (Å²) in [6.45, 7) is 5.49. The van der Waals surface area contributed by atoms with Crippen LogP contribution < -0.4 is 5.32 Å². The maximum absolute atomic E-state index is 11.6. The van der Waals surface area contributed by atoms with E-state index in [2.05, 4.69) is 5.32 Å². The number of ether oxygens (including phenoxy) is 1. The molecular formula is C14H27NO3. The van der Waals surface area contributed by atoms with Gasteiger partial charge in [-0.25, -0.2) is 4.79 Å². The highest BCUT2D eigenvalue weighted by atomic mass is 16.6. The fraction of sp³-hybridized carbons (Fsp3) is 0.929. The summed E-state index contributed by atoms with van der Waals surface area (Å²) in [5.41, 5.74) is -0.491. The van der Waals surface area contributed by atoms with Gasteiger partial charge in [0.25, 0.3) is 0 Å². The van der Waals surface area contributed by atoms with Gasteiger partial charge >= 0.3 is 6.09 Å². The zero-order valence-corrected chi connectivity index (χ0v) is 11.9. The Bertz CT molecular complexity index is 254. The maximum Gasteiger partial charge on any atom is 0.407 e. The first-order valence-corrected chi connectivity index (χ1v) is 7.01. The van der Waals surface area contributed by atoms with Crippen molar-refractivity contribution in [3.05, 3.63) is 0 Å². The van der Waals surface area contributed by atoms with Gasteiger partial charge in [-0.1, -0.05) is 32.1 Å². The largest absolute Gasteiger partial charge is 0.444 e. The second-order valence-electron chi connectivity index (χ2n) is 6.27. The Balaban J connectivity index is 2.34. The SMILES string of the molecule is CC(C)(C)OC(=O)NC(CO)CC1CCCCC1. The summed E-state index contributed by atoms with van der Waals surface area (Å²) in [6, 6.07) is -0.178. The molecule has 0 aliphatic heterocycles. The van der Waals surface area contributed by atoms with Crippen LogP contribution in [-0.4, -0.2) is 29.4 Å². The van der Waals surface area contributed by atoms with E-state index in [0.29, 0.717) is 5.92 Å². The molecule has 1 aliphatic rings. The van der Waals surface area contributed by atoms with E-state index in [4.69, 9.17) is 4.74 Å². The van der Waals surface area contributed by atoms with Crippen LogP contribution in [-0.2, 0) is 4.74 Å². The van der Waals surface area contributed by atoms with Crippen LogP contribution in [0.15, 0.2) is 0 Å². The van der Waals surface area contributed by atoms with Gasteiger partial charge in [0.15, 0.2) is 0 Å². The van der Waals surface area contributed by atoms with Gasteiger partial charge in [0, 0.05) is 0 Å². The number of carbonyl (C=O) groups excluding carboxylic acids is 1. The van der Waals surface area contributed by atoms with Crippen LogP contribution in [0.3, 0.4) is 0 Å². The van der Waals surface area contributed by atoms with Crippen LogP contribution in [0.4, 0.5) is 4.79 Å². The number of amides is 1. The highest BCUT2D eigenvalue weighted by molar-refractivity contribution is 5.68. The fourth-order valence-electron chi connectivity index (χ4n) is 2.48. The van der Waals surface area contributed by atoms with Gasteiger partial charge in [0.05, 0.1) is 12.6 Å². The molecule has 0 bridgehead atoms. The molecule has 1 rings (SSSR count). The first-order chi connectivity index (χ1) is 8.40. The number of hydrogen-bond donors (Lipinski definition) is 2. The lowest BCUT2D eigenvalue weighted by Gasteiger charge is -2.27. The molecule has 0 radical (unpaired) electrons. The molecule has 4 heteroatoms. The molecule has 1 fully saturated rings. The smallest absolute Gasteiger partial charge is 0.407 e. The summed E-state index contributed by atoms with van der Waals surface area (Å²) >= 11 is 0. The van der Waals surface area contributed by atoms with Crippen LogP contribution in [0.2, 0.25) is 0 Å². The van der Waals surface area contributed by atoms with Gasteiger partial charge in [-0.15, -0.1) is 0 Å². The summed E-state index contributed by atoms with van der Waals surface area (Å²) in [5.74, 6) is 0.630. The second-order valence-corrected chi connectivity index (χ2v) is 6.27. The van der Waals surface area contributed by atoms with Gasteiger partial charge in [0.1, 0.15) is 5.60 Å². The maximum atomic E-state index is 11.6. The molecule has 1 aliphatic carbocycles. The number of alkyl carbamates (subject to hydrolysis) is 1. The van der Waals surface area contributed by atoms with Crippen molar-refractivity contribution in [1.29, 1.82) is 0 Å². The molecule has 0 aromatic heterocycles. The Morgan fingerprint density at radius 2 is 1.94 bits per heavy atom. The number of carbonyl (C=O) groups is 1. The monoisotopic (exact) mass is 257 g/mol. The molecule has 0 aromatic carbocycles. The molecule has 0 aromatic rings. The predicted octanol–water partition coefficient (Wildman–Crippen LogP) is 2.84. The van der Waals surface area contributed by atoms with Crippen LogP contribution in [0.1, 0.15) is 59.3 Å². The van der Waals surface area contributed by atoms with Crippen molar-refractivity contribution in [3.63, 3.8) is 0 Å². The fourth-order valence-corrected chi connectivity index (χ4v) is 2.48. The van der Waals surface area contributed by atoms with Gasteiger partial charge in [0.2, 0.25) is 0 Å². The number of aliphatic hydroxyl groups excluding tert-OH is 1. The predicted molar refractivity (Wildman–Crippen MR) is 71.4 cm³/mol. The molecular weight excluding hydrogens is 230 g/mol. The third-order valence-corrected chi connectivity index (χ3v) is 3.28. The number of hydrogen-bond acceptors (Lipinski definition) is 3. The standard InChI is InChI=1S/C14H27NO3/c1-14(2,3)18-13(17)15-12(10-16)9-11-7-5-4-6-8-11/h11-12,16H,4-10H2,1-3H3,(H,15,17). The Labute approximate surface area is 110 Å². The van der Waals surface area contributed by atoms with Crippen molar-refractivity contribution >= 4 is 6.09 Å². The molecule has 1 unspecified atom stereocenters. The van der Waals surface area contributed by atoms with Gasteiger partial charge in [-0.05, 0) is 33.1 Å². The minimum absolute atomic E-state index is 0.0181. The van der Waals surface area contributed by atoms with E-state index in [0.717, 1.165) is 6.42 Å². The minimum atomic E-state index is -0.491. The summed E-state index contributed by atoms with van der Waals surface area (Å²) < 4.78 is 5.20. The van der Waals surface area contributed by atoms with Crippen LogP contribution in [0, 0.1) is 5.92 Å². The van der Waals surface area contributed by atoms with Crippen molar-refractivity contribution in [1.82, 2.24) is 5.32 Å². The molecule has 106 valence electrons. The van der Waals surface area contributed by atoms with Gasteiger partial charge in [-0.2, -0.15) is 0 Å². The minimum Gasteiger partial charge on any atom is -0.444 e. The van der Waals surface area contributed by atoms with Crippen molar-refractivity contribution in [3.8, 4) is 0 Å². The normalized spacial score (nSPS) is 19.3. The Kier molecular flexibility index (Phi) is 5.93. The first kappa shape index (κ1) is 15.3. The van der Waals surface area contributed by atoms with E-state index in [1.165, 1.54) is 32.1 Å². The van der Waals surface area contributed by atoms with E-state index in [1.54, 1.807) is 0 Å². The van der Waals surface area contributed by atoms with Crippen molar-refractivity contribution in [2.24, 2.45) is 5.92 Å². The van der Waals surface area contributed by atoms with E-state index >= 15 is 0 Å². The van der Waals surface area contributed by atoms with Crippen molar-refractivity contribution in [2.45, 2.75) is 70.9 Å². The van der Waals surface area contributed by atoms with Gasteiger partial charge in [-0.3, -0.25) is 0 Å². The topological polar surface area (TPSA) is 58.6 Å². The molecule has 0 saturated heterocycles. The van der Waals surface area contributed by atoms with Crippen molar-refractivity contribution < 1.29 is 14.6 Å². The quantitative estimate of drug-likeness (QED) is 0.814. The second kappa shape index (κ2) is 6.98. The van der Waals surface area contributed by atoms with Gasteiger partial charge < -0.3 is 15.2 Å². The molecule has 1 saturated carbocycles. The summed E-state index contributed by atoms with van der Waals surface area (Å²) in [5, 5.41) is 12.1. The molecule has 0 heterocycles. The van der Waals surface area contributed by atoms with E-state index in [1.807, 2.05) is 20.8 Å². The highest BCUT2D eigenvalue weighted by Crippen LogP contribution is 2.27. The highest BCUT2D eigenvalue weighted by Gasteiger charge is 2.22. The third kappa shape index (κ3) is 6.24. The van der Waals surface area contributed by atoms with Crippen LogP contribution in [0.5, 0.6) is 0 Å². The Hall–Kier alpha value is -0.770. The summed E-state index contributed by atoms with van der Waals surface area (Å²) in [6.07, 6.45) is 6.72. The summed E-state index contributed by atoms with van der Waals surface area (Å²) in [7, 11) is 0. The Morgan fingerprint density at radius 3 is 2.44 bits per heavy atom. The first-order valence-electron chi connectivity index (χ1n) is 7.01. The molecule has 1 atom stereocenters. The number of nitrogens with one attached hydrogen (secondary N) is 1. The lowest BCUT2D eigenvalue weighted by molar-refractivity contribution is 0.0469. The van der Waals surface area contributed by atoms with Crippen LogP contribution in [0.25, 0.3) is 0 Å². The lowest BCUT2D eigenvalue weighted by atomic mass is 9.85. The van der Waals surface area contributed by atoms with E-state index in [-0.39, 0.29) is 12.6 Å². The average Bonchev–Trinajstić information content (AvgIpc) is 2.27. The number of rotatable bonds is 4. The molecule has 18 heavy (non-hydrogen) atoms. The van der Waals surface area contributed by atoms with Crippen molar-refractivity contribution in [2.75, 3.05) is 6.61 Å². The van der Waals surface area contributed by atoms with E-state index in [9.17, 15) is 9.90 Å². The van der Waals surface area contributed by atoms with E-state index < -0.39 is 11.7 Å². The Morgan fingerprint density at radius 1 is 1.33 bits per heavy atom. The lowest BCUT2D eigenvalue weighted by Crippen LogP contribution is -2.42. The zero-order chi connectivity index (χ0) is 13.6. The molecule has 4 nitrogen and oxygen atoms in total. The average molecular weight is 257 g/mol. The molecule has 0 spiro atoms. The number of aliphatic hydroxyl groups is 1. The molecule has 1 amide bonds.